The van der Waals surface area contributed by atoms with Crippen molar-refractivity contribution in [2.75, 3.05) is 50.5 Å². The van der Waals surface area contributed by atoms with Crippen molar-refractivity contribution in [2.45, 2.75) is 11.2 Å². The van der Waals surface area contributed by atoms with Gasteiger partial charge in [0.15, 0.2) is 11.0 Å². The van der Waals surface area contributed by atoms with Crippen molar-refractivity contribution in [2.24, 2.45) is 7.05 Å². The Labute approximate surface area is 218 Å². The van der Waals surface area contributed by atoms with Gasteiger partial charge in [0.25, 0.3) is 5.91 Å². The van der Waals surface area contributed by atoms with Gasteiger partial charge < -0.3 is 29.5 Å². The fourth-order valence-corrected chi connectivity index (χ4v) is 4.87. The van der Waals surface area contributed by atoms with Crippen LogP contribution in [0.3, 0.4) is 0 Å². The van der Waals surface area contributed by atoms with Crippen molar-refractivity contribution in [3.05, 3.63) is 65.7 Å². The van der Waals surface area contributed by atoms with Gasteiger partial charge in [-0.1, -0.05) is 23.9 Å². The number of hydrogen-bond donors (Lipinski definition) is 2. The molecule has 0 saturated carbocycles. The molecule has 0 radical (unpaired) electrons. The van der Waals surface area contributed by atoms with Gasteiger partial charge in [-0.15, -0.1) is 10.2 Å². The minimum atomic E-state index is -0.774. The molecule has 2 aromatic carbocycles. The van der Waals surface area contributed by atoms with Gasteiger partial charge in [-0.3, -0.25) is 9.59 Å². The first-order valence-electron chi connectivity index (χ1n) is 11.8. The van der Waals surface area contributed by atoms with Crippen LogP contribution in [0.1, 0.15) is 22.2 Å². The molecule has 1 unspecified atom stereocenters. The largest absolute Gasteiger partial charge is 0.497 e. The van der Waals surface area contributed by atoms with Crippen molar-refractivity contribution >= 4 is 29.3 Å². The van der Waals surface area contributed by atoms with Crippen LogP contribution in [0.5, 0.6) is 5.75 Å². The number of carbonyl (C=O) groups excluding carboxylic acids is 2. The molecule has 1 saturated heterocycles. The number of aromatic nitrogens is 3. The summed E-state index contributed by atoms with van der Waals surface area (Å²) in [6, 6.07) is 12.5. The second-order valence-electron chi connectivity index (χ2n) is 8.44. The minimum Gasteiger partial charge on any atom is -0.497 e. The maximum absolute atomic E-state index is 14.1. The summed E-state index contributed by atoms with van der Waals surface area (Å²) in [5.74, 6) is 0.480. The summed E-state index contributed by atoms with van der Waals surface area (Å²) in [6.07, 6.45) is 0. The zero-order valence-corrected chi connectivity index (χ0v) is 21.4. The molecule has 1 aromatic heterocycles. The fourth-order valence-electron chi connectivity index (χ4n) is 4.05. The van der Waals surface area contributed by atoms with E-state index in [2.05, 4.69) is 15.5 Å². The number of aliphatic hydroxyl groups excluding tert-OH is 1. The zero-order chi connectivity index (χ0) is 26.4. The lowest BCUT2D eigenvalue weighted by Crippen LogP contribution is -2.49. The Bertz CT molecular complexity index is 1230. The Morgan fingerprint density at radius 3 is 2.46 bits per heavy atom. The molecule has 12 heteroatoms. The number of aliphatic hydroxyl groups is 1. The number of benzene rings is 2. The zero-order valence-electron chi connectivity index (χ0n) is 20.6. The summed E-state index contributed by atoms with van der Waals surface area (Å²) in [6.45, 7) is 1.74. The molecule has 1 aliphatic rings. The number of para-hydroxylation sites is 1. The summed E-state index contributed by atoms with van der Waals surface area (Å²) in [5.41, 5.74) is 0.963. The van der Waals surface area contributed by atoms with Crippen molar-refractivity contribution in [1.29, 1.82) is 0 Å². The highest BCUT2D eigenvalue weighted by Gasteiger charge is 2.25. The third kappa shape index (κ3) is 6.20. The molecular formula is C25H29FN6O4S. The molecule has 196 valence electrons. The molecule has 37 heavy (non-hydrogen) atoms. The third-order valence-electron chi connectivity index (χ3n) is 6.17. The van der Waals surface area contributed by atoms with Gasteiger partial charge in [-0.2, -0.15) is 0 Å². The van der Waals surface area contributed by atoms with E-state index in [9.17, 15) is 19.1 Å². The highest BCUT2D eigenvalue weighted by atomic mass is 32.2. The van der Waals surface area contributed by atoms with Gasteiger partial charge >= 0.3 is 0 Å². The van der Waals surface area contributed by atoms with Crippen LogP contribution in [0.4, 0.5) is 10.1 Å². The Balaban J connectivity index is 1.31. The number of nitrogens with zero attached hydrogens (tertiary/aromatic N) is 5. The van der Waals surface area contributed by atoms with Gasteiger partial charge in [-0.05, 0) is 36.4 Å². The Hall–Kier alpha value is -3.64. The van der Waals surface area contributed by atoms with Crippen LogP contribution >= 0.6 is 11.8 Å². The smallest absolute Gasteiger partial charge is 0.251 e. The number of nitrogens with one attached hydrogen (secondary N) is 1. The number of anilines is 1. The molecule has 2 heterocycles. The number of thioether (sulfide) groups is 1. The number of methoxy groups -OCH3 is 1. The van der Waals surface area contributed by atoms with Gasteiger partial charge in [0, 0.05) is 38.8 Å². The van der Waals surface area contributed by atoms with Crippen LogP contribution in [0.15, 0.2) is 53.7 Å². The summed E-state index contributed by atoms with van der Waals surface area (Å²) in [5, 5.41) is 21.4. The van der Waals surface area contributed by atoms with Crippen LogP contribution in [0.2, 0.25) is 0 Å². The minimum absolute atomic E-state index is 0.0470. The maximum atomic E-state index is 14.1. The molecule has 2 amide bonds. The Morgan fingerprint density at radius 1 is 1.11 bits per heavy atom. The predicted octanol–water partition coefficient (Wildman–Crippen LogP) is 1.87. The van der Waals surface area contributed by atoms with Gasteiger partial charge in [0.05, 0.1) is 25.2 Å². The fraction of sp³-hybridized carbons (Fsp3) is 0.360. The topological polar surface area (TPSA) is 113 Å². The molecule has 0 bridgehead atoms. The van der Waals surface area contributed by atoms with Crippen molar-refractivity contribution < 1.29 is 23.8 Å². The summed E-state index contributed by atoms with van der Waals surface area (Å²) in [4.78, 5) is 29.1. The third-order valence-corrected chi connectivity index (χ3v) is 7.18. The second kappa shape index (κ2) is 12.1. The molecule has 1 fully saturated rings. The second-order valence-corrected chi connectivity index (χ2v) is 9.39. The molecule has 1 atom stereocenters. The van der Waals surface area contributed by atoms with Gasteiger partial charge in [0.2, 0.25) is 5.91 Å². The van der Waals surface area contributed by atoms with E-state index >= 15 is 0 Å². The molecule has 2 N–H and O–H groups in total. The lowest BCUT2D eigenvalue weighted by molar-refractivity contribution is -0.128. The Morgan fingerprint density at radius 2 is 1.81 bits per heavy atom. The van der Waals surface area contributed by atoms with Crippen LogP contribution in [0.25, 0.3) is 0 Å². The number of rotatable bonds is 9. The van der Waals surface area contributed by atoms with Crippen molar-refractivity contribution in [3.8, 4) is 5.75 Å². The normalized spacial score (nSPS) is 14.4. The molecular weight excluding hydrogens is 499 g/mol. The number of halogens is 1. The average molecular weight is 529 g/mol. The van der Waals surface area contributed by atoms with Crippen molar-refractivity contribution in [3.63, 3.8) is 0 Å². The SMILES string of the molecule is COc1ccc(C(=O)NC(CO)c2nnc(SCC(=O)N3CCN(c4ccccc4F)CC3)n2C)cc1. The van der Waals surface area contributed by atoms with Crippen molar-refractivity contribution in [1.82, 2.24) is 25.0 Å². The van der Waals surface area contributed by atoms with E-state index in [1.807, 2.05) is 4.90 Å². The van der Waals surface area contributed by atoms with E-state index in [-0.39, 0.29) is 30.0 Å². The number of ether oxygens (including phenoxy) is 1. The molecule has 3 aromatic rings. The van der Waals surface area contributed by atoms with E-state index in [1.165, 1.54) is 17.8 Å². The first kappa shape index (κ1) is 26.4. The van der Waals surface area contributed by atoms with E-state index in [0.29, 0.717) is 54.2 Å². The molecule has 4 rings (SSSR count). The highest BCUT2D eigenvalue weighted by Crippen LogP contribution is 2.23. The molecule has 1 aliphatic heterocycles. The molecule has 0 spiro atoms. The van der Waals surface area contributed by atoms with Crippen LogP contribution in [-0.2, 0) is 11.8 Å². The molecule has 0 aliphatic carbocycles. The lowest BCUT2D eigenvalue weighted by atomic mass is 10.2. The number of carbonyl (C=O) groups is 2. The first-order chi connectivity index (χ1) is 17.9. The molecule has 10 nitrogen and oxygen atoms in total. The van der Waals surface area contributed by atoms with Crippen LogP contribution < -0.4 is 15.0 Å². The number of hydrogen-bond acceptors (Lipinski definition) is 8. The summed E-state index contributed by atoms with van der Waals surface area (Å²) in [7, 11) is 3.26. The summed E-state index contributed by atoms with van der Waals surface area (Å²) < 4.78 is 20.8. The first-order valence-corrected chi connectivity index (χ1v) is 12.7. The maximum Gasteiger partial charge on any atom is 0.251 e. The lowest BCUT2D eigenvalue weighted by Gasteiger charge is -2.36. The van der Waals surface area contributed by atoms with E-state index in [0.717, 1.165) is 0 Å². The van der Waals surface area contributed by atoms with Gasteiger partial charge in [-0.25, -0.2) is 4.39 Å². The number of amides is 2. The van der Waals surface area contributed by atoms with E-state index in [1.54, 1.807) is 66.1 Å². The van der Waals surface area contributed by atoms with Crippen LogP contribution in [0, 0.1) is 5.82 Å². The van der Waals surface area contributed by atoms with Crippen LogP contribution in [-0.4, -0.2) is 82.2 Å². The monoisotopic (exact) mass is 528 g/mol. The number of piperazine rings is 1. The predicted molar refractivity (Wildman–Crippen MR) is 137 cm³/mol. The van der Waals surface area contributed by atoms with E-state index in [4.69, 9.17) is 4.74 Å². The standard InChI is InChI=1S/C25H29FN6O4S/c1-30-23(20(15-33)27-24(35)17-7-9-18(36-2)10-8-17)28-29-25(30)37-16-22(34)32-13-11-31(12-14-32)21-6-4-3-5-19(21)26/h3-10,20,33H,11-16H2,1-2H3,(H,27,35). The summed E-state index contributed by atoms with van der Waals surface area (Å²) >= 11 is 1.23. The van der Waals surface area contributed by atoms with Gasteiger partial charge in [0.1, 0.15) is 17.6 Å². The average Bonchev–Trinajstić information content (AvgIpc) is 3.30. The Kier molecular flexibility index (Phi) is 8.62. The quantitative estimate of drug-likeness (QED) is 0.405. The van der Waals surface area contributed by atoms with E-state index < -0.39 is 6.04 Å². The highest BCUT2D eigenvalue weighted by molar-refractivity contribution is 7.99.